The maximum atomic E-state index is 11.9. The molecule has 2 rings (SSSR count). The number of aryl methyl sites for hydroxylation is 1. The average Bonchev–Trinajstić information content (AvgIpc) is 2.53. The van der Waals surface area contributed by atoms with Gasteiger partial charge in [0.2, 0.25) is 0 Å². The van der Waals surface area contributed by atoms with E-state index in [2.05, 4.69) is 22.1 Å². The van der Waals surface area contributed by atoms with Crippen LogP contribution in [0.5, 0.6) is 0 Å². The Labute approximate surface area is 128 Å². The number of aromatic amines is 1. The van der Waals surface area contributed by atoms with Crippen LogP contribution in [0, 0.1) is 0 Å². The predicted molar refractivity (Wildman–Crippen MR) is 82.7 cm³/mol. The van der Waals surface area contributed by atoms with Crippen molar-refractivity contribution >= 4 is 0 Å². The van der Waals surface area contributed by atoms with Crippen LogP contribution in [0.3, 0.4) is 0 Å². The molecule has 0 radical (unpaired) electrons. The monoisotopic (exact) mass is 304 g/mol. The number of nitrogens with one attached hydrogen (secondary N) is 1. The van der Waals surface area contributed by atoms with Gasteiger partial charge in [-0.1, -0.05) is 13.3 Å². The van der Waals surface area contributed by atoms with Crippen LogP contribution in [0.2, 0.25) is 0 Å². The molecule has 118 valence electrons. The van der Waals surface area contributed by atoms with Gasteiger partial charge >= 0.3 is 5.69 Å². The highest BCUT2D eigenvalue weighted by Crippen LogP contribution is 2.10. The van der Waals surface area contributed by atoms with E-state index in [1.807, 2.05) is 0 Å². The lowest BCUT2D eigenvalue weighted by Crippen LogP contribution is -2.31. The summed E-state index contributed by atoms with van der Waals surface area (Å²) in [4.78, 5) is 26.2. The standard InChI is InChI=1S/C15H20N4O3/c1-3-5-11(22-2)7-9-19-10-12(14(20)17-15(19)21)13-6-4-8-16-18-13/h4,6,8,10-11H,3,5,7,9H2,1-2H3,(H,17,20,21). The zero-order chi connectivity index (χ0) is 15.9. The van der Waals surface area contributed by atoms with E-state index in [-0.39, 0.29) is 6.10 Å². The molecule has 1 atom stereocenters. The van der Waals surface area contributed by atoms with E-state index in [9.17, 15) is 9.59 Å². The van der Waals surface area contributed by atoms with Crippen molar-refractivity contribution in [2.45, 2.75) is 38.8 Å². The van der Waals surface area contributed by atoms with E-state index < -0.39 is 11.2 Å². The topological polar surface area (TPSA) is 89.9 Å². The Kier molecular flexibility index (Phi) is 5.60. The molecule has 2 aromatic rings. The van der Waals surface area contributed by atoms with E-state index >= 15 is 0 Å². The van der Waals surface area contributed by atoms with Crippen molar-refractivity contribution in [3.05, 3.63) is 45.4 Å². The fourth-order valence-corrected chi connectivity index (χ4v) is 2.29. The summed E-state index contributed by atoms with van der Waals surface area (Å²) in [5, 5.41) is 7.67. The quantitative estimate of drug-likeness (QED) is 0.830. The summed E-state index contributed by atoms with van der Waals surface area (Å²) in [6.07, 6.45) is 5.82. The highest BCUT2D eigenvalue weighted by Gasteiger charge is 2.11. The Morgan fingerprint density at radius 3 is 2.82 bits per heavy atom. The van der Waals surface area contributed by atoms with Gasteiger partial charge in [0.15, 0.2) is 0 Å². The number of methoxy groups -OCH3 is 1. The summed E-state index contributed by atoms with van der Waals surface area (Å²) in [6, 6.07) is 3.38. The first kappa shape index (κ1) is 16.1. The lowest BCUT2D eigenvalue weighted by Gasteiger charge is -2.15. The molecule has 2 heterocycles. The molecule has 1 unspecified atom stereocenters. The Balaban J connectivity index is 2.26. The second kappa shape index (κ2) is 7.65. The number of H-pyrrole nitrogens is 1. The van der Waals surface area contributed by atoms with Crippen molar-refractivity contribution in [1.82, 2.24) is 19.7 Å². The van der Waals surface area contributed by atoms with E-state index in [4.69, 9.17) is 4.74 Å². The first-order valence-corrected chi connectivity index (χ1v) is 7.30. The maximum Gasteiger partial charge on any atom is 0.328 e. The van der Waals surface area contributed by atoms with Crippen molar-refractivity contribution in [3.8, 4) is 11.3 Å². The fraction of sp³-hybridized carbons (Fsp3) is 0.467. The first-order valence-electron chi connectivity index (χ1n) is 7.30. The van der Waals surface area contributed by atoms with Crippen molar-refractivity contribution in [2.75, 3.05) is 7.11 Å². The van der Waals surface area contributed by atoms with Crippen LogP contribution >= 0.6 is 0 Å². The zero-order valence-corrected chi connectivity index (χ0v) is 12.8. The minimum absolute atomic E-state index is 0.101. The Morgan fingerprint density at radius 2 is 2.18 bits per heavy atom. The largest absolute Gasteiger partial charge is 0.381 e. The maximum absolute atomic E-state index is 11.9. The Bertz CT molecular complexity index is 709. The third-order valence-corrected chi connectivity index (χ3v) is 3.50. The molecule has 0 aliphatic rings. The predicted octanol–water partition coefficient (Wildman–Crippen LogP) is 1.20. The number of hydrogen-bond acceptors (Lipinski definition) is 5. The van der Waals surface area contributed by atoms with Crippen molar-refractivity contribution < 1.29 is 4.74 Å². The lowest BCUT2D eigenvalue weighted by atomic mass is 10.1. The van der Waals surface area contributed by atoms with Crippen LogP contribution in [0.4, 0.5) is 0 Å². The highest BCUT2D eigenvalue weighted by atomic mass is 16.5. The summed E-state index contributed by atoms with van der Waals surface area (Å²) in [6.45, 7) is 2.56. The van der Waals surface area contributed by atoms with Gasteiger partial charge in [-0.3, -0.25) is 14.3 Å². The van der Waals surface area contributed by atoms with Gasteiger partial charge < -0.3 is 4.74 Å². The lowest BCUT2D eigenvalue weighted by molar-refractivity contribution is 0.0832. The number of rotatable bonds is 7. The van der Waals surface area contributed by atoms with Crippen LogP contribution in [0.25, 0.3) is 11.3 Å². The molecular formula is C15H20N4O3. The molecule has 0 spiro atoms. The Morgan fingerprint density at radius 1 is 1.36 bits per heavy atom. The van der Waals surface area contributed by atoms with Crippen LogP contribution in [-0.4, -0.2) is 33.0 Å². The van der Waals surface area contributed by atoms with Gasteiger partial charge in [0.05, 0.1) is 17.4 Å². The van der Waals surface area contributed by atoms with Gasteiger partial charge in [-0.2, -0.15) is 10.2 Å². The summed E-state index contributed by atoms with van der Waals surface area (Å²) >= 11 is 0. The fourth-order valence-electron chi connectivity index (χ4n) is 2.29. The van der Waals surface area contributed by atoms with E-state index in [0.29, 0.717) is 24.2 Å². The molecule has 0 aliphatic carbocycles. The minimum Gasteiger partial charge on any atom is -0.381 e. The van der Waals surface area contributed by atoms with E-state index in [1.54, 1.807) is 19.2 Å². The molecule has 22 heavy (non-hydrogen) atoms. The van der Waals surface area contributed by atoms with Crippen LogP contribution in [0.15, 0.2) is 34.1 Å². The molecule has 7 heteroatoms. The molecule has 0 aliphatic heterocycles. The van der Waals surface area contributed by atoms with Gasteiger partial charge in [-0.15, -0.1) is 0 Å². The van der Waals surface area contributed by atoms with Crippen molar-refractivity contribution in [1.29, 1.82) is 0 Å². The average molecular weight is 304 g/mol. The van der Waals surface area contributed by atoms with E-state index in [0.717, 1.165) is 12.8 Å². The summed E-state index contributed by atoms with van der Waals surface area (Å²) in [7, 11) is 1.67. The molecule has 0 aromatic carbocycles. The first-order chi connectivity index (χ1) is 10.7. The van der Waals surface area contributed by atoms with Crippen LogP contribution in [0.1, 0.15) is 26.2 Å². The van der Waals surface area contributed by atoms with Gasteiger partial charge in [0, 0.05) is 26.0 Å². The highest BCUT2D eigenvalue weighted by molar-refractivity contribution is 5.55. The zero-order valence-electron chi connectivity index (χ0n) is 12.8. The summed E-state index contributed by atoms with van der Waals surface area (Å²) < 4.78 is 6.86. The van der Waals surface area contributed by atoms with Gasteiger partial charge in [0.1, 0.15) is 0 Å². The number of aromatic nitrogens is 4. The van der Waals surface area contributed by atoms with Crippen LogP contribution in [-0.2, 0) is 11.3 Å². The summed E-state index contributed by atoms with van der Waals surface area (Å²) in [5.74, 6) is 0. The van der Waals surface area contributed by atoms with Crippen molar-refractivity contribution in [2.24, 2.45) is 0 Å². The number of ether oxygens (including phenoxy) is 1. The summed E-state index contributed by atoms with van der Waals surface area (Å²) in [5.41, 5.74) is -0.117. The molecular weight excluding hydrogens is 284 g/mol. The third-order valence-electron chi connectivity index (χ3n) is 3.50. The number of nitrogens with zero attached hydrogens (tertiary/aromatic N) is 3. The number of hydrogen-bond donors (Lipinski definition) is 1. The van der Waals surface area contributed by atoms with Gasteiger partial charge in [-0.25, -0.2) is 4.79 Å². The SMILES string of the molecule is CCCC(CCn1cc(-c2cccnn2)c(=O)[nH]c1=O)OC. The van der Waals surface area contributed by atoms with Crippen molar-refractivity contribution in [3.63, 3.8) is 0 Å². The molecule has 0 amide bonds. The third kappa shape index (κ3) is 3.88. The molecule has 7 nitrogen and oxygen atoms in total. The normalized spacial score (nSPS) is 12.3. The van der Waals surface area contributed by atoms with Gasteiger partial charge in [0.25, 0.3) is 5.56 Å². The van der Waals surface area contributed by atoms with Crippen LogP contribution < -0.4 is 11.2 Å². The second-order valence-electron chi connectivity index (χ2n) is 5.04. The molecule has 0 fully saturated rings. The smallest absolute Gasteiger partial charge is 0.328 e. The second-order valence-corrected chi connectivity index (χ2v) is 5.04. The molecule has 1 N–H and O–H groups in total. The minimum atomic E-state index is -0.460. The molecule has 2 aromatic heterocycles. The van der Waals surface area contributed by atoms with Gasteiger partial charge in [-0.05, 0) is 25.0 Å². The molecule has 0 bridgehead atoms. The van der Waals surface area contributed by atoms with E-state index in [1.165, 1.54) is 17.0 Å². The molecule has 0 saturated carbocycles. The molecule has 0 saturated heterocycles. The Hall–Kier alpha value is -2.28.